The lowest BCUT2D eigenvalue weighted by Gasteiger charge is -2.25. The van der Waals surface area contributed by atoms with Crippen molar-refractivity contribution in [1.29, 1.82) is 0 Å². The molecule has 8 heteroatoms. The van der Waals surface area contributed by atoms with Crippen LogP contribution in [0.15, 0.2) is 58.5 Å². The van der Waals surface area contributed by atoms with Gasteiger partial charge in [0.05, 0.1) is 17.7 Å². The zero-order valence-electron chi connectivity index (χ0n) is 21.5. The molecule has 36 heavy (non-hydrogen) atoms. The van der Waals surface area contributed by atoms with Crippen molar-refractivity contribution >= 4 is 27.3 Å². The van der Waals surface area contributed by atoms with Crippen molar-refractivity contribution in [2.24, 2.45) is 5.10 Å². The standard InChI is InChI=1S/C28H39N3O4S/c1-23-18-20-25(21-19-23)36(33,34)31(26-16-12-13-17-27(26)35-2)22-28(32)30-29-24-14-10-8-6-4-3-5-7-9-11-15-24/h12-13,16-21H,3-11,14-15,22H2,1-2H3,(H,30,32). The third-order valence-electron chi connectivity index (χ3n) is 6.52. The summed E-state index contributed by atoms with van der Waals surface area (Å²) in [5, 5.41) is 4.43. The van der Waals surface area contributed by atoms with Crippen LogP contribution in [0, 0.1) is 6.92 Å². The predicted molar refractivity (Wildman–Crippen MR) is 145 cm³/mol. The smallest absolute Gasteiger partial charge is 0.264 e. The van der Waals surface area contributed by atoms with Crippen LogP contribution in [0.1, 0.15) is 76.2 Å². The van der Waals surface area contributed by atoms with Crippen molar-refractivity contribution in [2.75, 3.05) is 18.0 Å². The highest BCUT2D eigenvalue weighted by Crippen LogP contribution is 2.32. The number of hydrogen-bond donors (Lipinski definition) is 1. The van der Waals surface area contributed by atoms with E-state index in [2.05, 4.69) is 10.5 Å². The van der Waals surface area contributed by atoms with Crippen LogP contribution in [0.2, 0.25) is 0 Å². The molecule has 1 aliphatic rings. The number of hydrogen-bond acceptors (Lipinski definition) is 5. The Hall–Kier alpha value is -2.87. The van der Waals surface area contributed by atoms with Crippen molar-refractivity contribution in [3.05, 3.63) is 54.1 Å². The van der Waals surface area contributed by atoms with Crippen molar-refractivity contribution in [3.63, 3.8) is 0 Å². The molecule has 1 amide bonds. The van der Waals surface area contributed by atoms with Crippen LogP contribution >= 0.6 is 0 Å². The van der Waals surface area contributed by atoms with Crippen LogP contribution in [0.25, 0.3) is 0 Å². The molecule has 1 N–H and O–H groups in total. The quantitative estimate of drug-likeness (QED) is 0.462. The van der Waals surface area contributed by atoms with Gasteiger partial charge in [0, 0.05) is 5.71 Å². The summed E-state index contributed by atoms with van der Waals surface area (Å²) in [5.41, 5.74) is 4.87. The highest BCUT2D eigenvalue weighted by Gasteiger charge is 2.29. The summed E-state index contributed by atoms with van der Waals surface area (Å²) in [6, 6.07) is 13.4. The largest absolute Gasteiger partial charge is 0.495 e. The van der Waals surface area contributed by atoms with E-state index in [1.807, 2.05) is 6.92 Å². The van der Waals surface area contributed by atoms with Crippen LogP contribution in [0.4, 0.5) is 5.69 Å². The second-order valence-corrected chi connectivity index (χ2v) is 11.3. The Bertz CT molecular complexity index is 1100. The number of nitrogens with one attached hydrogen (secondary N) is 1. The molecule has 0 bridgehead atoms. The highest BCUT2D eigenvalue weighted by atomic mass is 32.2. The summed E-state index contributed by atoms with van der Waals surface area (Å²) in [6.45, 7) is 1.48. The molecule has 3 rings (SSSR count). The molecule has 7 nitrogen and oxygen atoms in total. The summed E-state index contributed by atoms with van der Waals surface area (Å²) in [4.78, 5) is 13.1. The molecule has 1 fully saturated rings. The van der Waals surface area contributed by atoms with Gasteiger partial charge in [-0.1, -0.05) is 74.8 Å². The van der Waals surface area contributed by atoms with E-state index in [0.29, 0.717) is 11.4 Å². The molecule has 2 aromatic rings. The number of rotatable bonds is 7. The van der Waals surface area contributed by atoms with E-state index in [1.54, 1.807) is 48.5 Å². The van der Waals surface area contributed by atoms with Gasteiger partial charge in [0.2, 0.25) is 0 Å². The van der Waals surface area contributed by atoms with Gasteiger partial charge in [-0.2, -0.15) is 5.10 Å². The number of anilines is 1. The SMILES string of the molecule is COc1ccccc1N(CC(=O)NN=C1CCCCCCCCCCC1)S(=O)(=O)c1ccc(C)cc1. The van der Waals surface area contributed by atoms with Crippen molar-refractivity contribution in [1.82, 2.24) is 5.43 Å². The molecular formula is C28H39N3O4S. The lowest BCUT2D eigenvalue weighted by atomic mass is 10.00. The Kier molecular flexibility index (Phi) is 10.8. The van der Waals surface area contributed by atoms with Gasteiger partial charge in [-0.3, -0.25) is 9.10 Å². The first-order chi connectivity index (χ1) is 17.4. The molecule has 0 radical (unpaired) electrons. The fourth-order valence-corrected chi connectivity index (χ4v) is 5.84. The lowest BCUT2D eigenvalue weighted by molar-refractivity contribution is -0.119. The van der Waals surface area contributed by atoms with Crippen LogP contribution < -0.4 is 14.5 Å². The molecule has 2 aromatic carbocycles. The van der Waals surface area contributed by atoms with Crippen molar-refractivity contribution < 1.29 is 17.9 Å². The van der Waals surface area contributed by atoms with Crippen LogP contribution in [0.3, 0.4) is 0 Å². The second kappa shape index (κ2) is 14.0. The number of para-hydroxylation sites is 2. The van der Waals surface area contributed by atoms with Gasteiger partial charge in [0.1, 0.15) is 12.3 Å². The van der Waals surface area contributed by atoms with Gasteiger partial charge in [-0.05, 0) is 56.9 Å². The highest BCUT2D eigenvalue weighted by molar-refractivity contribution is 7.92. The fourth-order valence-electron chi connectivity index (χ4n) is 4.41. The number of nitrogens with zero attached hydrogens (tertiary/aromatic N) is 2. The molecule has 0 heterocycles. The van der Waals surface area contributed by atoms with Gasteiger partial charge in [-0.15, -0.1) is 0 Å². The van der Waals surface area contributed by atoms with Gasteiger partial charge in [0.15, 0.2) is 0 Å². The van der Waals surface area contributed by atoms with Crippen molar-refractivity contribution in [2.45, 2.75) is 82.4 Å². The summed E-state index contributed by atoms with van der Waals surface area (Å²) in [5.74, 6) is -0.123. The summed E-state index contributed by atoms with van der Waals surface area (Å²) >= 11 is 0. The van der Waals surface area contributed by atoms with E-state index in [4.69, 9.17) is 4.74 Å². The lowest BCUT2D eigenvalue weighted by Crippen LogP contribution is -2.40. The second-order valence-electron chi connectivity index (χ2n) is 9.39. The third kappa shape index (κ3) is 8.08. The van der Waals surface area contributed by atoms with Crippen LogP contribution in [-0.2, 0) is 14.8 Å². The van der Waals surface area contributed by atoms with E-state index in [1.165, 1.54) is 52.1 Å². The number of methoxy groups -OCH3 is 1. The monoisotopic (exact) mass is 513 g/mol. The summed E-state index contributed by atoms with van der Waals surface area (Å²) in [6.07, 6.45) is 12.6. The van der Waals surface area contributed by atoms with E-state index < -0.39 is 22.5 Å². The normalized spacial score (nSPS) is 15.8. The number of benzene rings is 2. The minimum atomic E-state index is -4.02. The first-order valence-corrected chi connectivity index (χ1v) is 14.4. The molecule has 1 aliphatic carbocycles. The Morgan fingerprint density at radius 2 is 1.44 bits per heavy atom. The first kappa shape index (κ1) is 27.7. The van der Waals surface area contributed by atoms with Crippen molar-refractivity contribution in [3.8, 4) is 5.75 Å². The molecule has 0 atom stereocenters. The first-order valence-electron chi connectivity index (χ1n) is 13.0. The minimum absolute atomic E-state index is 0.109. The number of hydrazone groups is 1. The van der Waals surface area contributed by atoms with Gasteiger partial charge < -0.3 is 4.74 Å². The Morgan fingerprint density at radius 3 is 2.03 bits per heavy atom. The minimum Gasteiger partial charge on any atom is -0.495 e. The summed E-state index contributed by atoms with van der Waals surface area (Å²) in [7, 11) is -2.55. The van der Waals surface area contributed by atoms with Crippen LogP contribution in [-0.4, -0.2) is 33.7 Å². The maximum Gasteiger partial charge on any atom is 0.264 e. The maximum atomic E-state index is 13.6. The molecule has 0 aliphatic heterocycles. The number of aryl methyl sites for hydroxylation is 1. The zero-order valence-corrected chi connectivity index (χ0v) is 22.4. The Labute approximate surface area is 216 Å². The molecule has 1 saturated carbocycles. The summed E-state index contributed by atoms with van der Waals surface area (Å²) < 4.78 is 33.8. The number of carbonyl (C=O) groups excluding carboxylic acids is 1. The molecule has 0 unspecified atom stereocenters. The van der Waals surface area contributed by atoms with Gasteiger partial charge >= 0.3 is 0 Å². The zero-order chi connectivity index (χ0) is 25.8. The fraction of sp³-hybridized carbons (Fsp3) is 0.500. The van der Waals surface area contributed by atoms with Crippen LogP contribution in [0.5, 0.6) is 5.75 Å². The van der Waals surface area contributed by atoms with Gasteiger partial charge in [0.25, 0.3) is 15.9 Å². The number of sulfonamides is 1. The molecule has 196 valence electrons. The average molecular weight is 514 g/mol. The van der Waals surface area contributed by atoms with E-state index >= 15 is 0 Å². The molecule has 0 saturated heterocycles. The average Bonchev–Trinajstić information content (AvgIpc) is 2.87. The van der Waals surface area contributed by atoms with E-state index in [0.717, 1.165) is 41.3 Å². The number of carbonyl (C=O) groups is 1. The number of amides is 1. The Balaban J connectivity index is 1.80. The van der Waals surface area contributed by atoms with E-state index in [-0.39, 0.29) is 4.90 Å². The Morgan fingerprint density at radius 1 is 0.889 bits per heavy atom. The van der Waals surface area contributed by atoms with Gasteiger partial charge in [-0.25, -0.2) is 13.8 Å². The molecule has 0 spiro atoms. The molecular weight excluding hydrogens is 474 g/mol. The topological polar surface area (TPSA) is 88.1 Å². The van der Waals surface area contributed by atoms with E-state index in [9.17, 15) is 13.2 Å². The predicted octanol–water partition coefficient (Wildman–Crippen LogP) is 5.98. The third-order valence-corrected chi connectivity index (χ3v) is 8.29. The number of ether oxygens (including phenoxy) is 1. The maximum absolute atomic E-state index is 13.6. The molecule has 0 aromatic heterocycles.